The van der Waals surface area contributed by atoms with Gasteiger partial charge >= 0.3 is 0 Å². The predicted octanol–water partition coefficient (Wildman–Crippen LogP) is 5.04. The number of aryl methyl sites for hydroxylation is 1. The van der Waals surface area contributed by atoms with Gasteiger partial charge in [0.05, 0.1) is 19.4 Å². The van der Waals surface area contributed by atoms with Gasteiger partial charge in [-0.2, -0.15) is 5.12 Å². The molecule has 0 saturated carbocycles. The van der Waals surface area contributed by atoms with Crippen LogP contribution in [0.1, 0.15) is 31.8 Å². The Kier molecular flexibility index (Phi) is 9.05. The number of nitrogens with zero attached hydrogens (tertiary/aromatic N) is 2. The molecule has 0 unspecified atom stereocenters. The lowest BCUT2D eigenvalue weighted by molar-refractivity contribution is 0.0343. The van der Waals surface area contributed by atoms with E-state index >= 15 is 0 Å². The van der Waals surface area contributed by atoms with Crippen molar-refractivity contribution in [3.05, 3.63) is 85.8 Å². The number of benzene rings is 1. The molecule has 1 aromatic carbocycles. The van der Waals surface area contributed by atoms with Gasteiger partial charge in [-0.25, -0.2) is 8.42 Å². The molecule has 9 nitrogen and oxygen atoms in total. The molecule has 1 aliphatic carbocycles. The SMILES string of the molecule is CCOC1=C=C(OC)C=C(N(C)S(=O)(=O)c2cc(C)sc2C(=O)Nc2cc(Cl)cc(C(=O)N(C)F)c2)C=C1. The number of thiophene rings is 1. The highest BCUT2D eigenvalue weighted by Gasteiger charge is 2.30. The molecule has 202 valence electrons. The average molecular weight is 582 g/mol. The number of methoxy groups -OCH3 is 1. The Morgan fingerprint density at radius 1 is 1.16 bits per heavy atom. The molecule has 0 atom stereocenters. The number of likely N-dealkylation sites (N-methyl/N-ethyl adjacent to an activating group) is 1. The van der Waals surface area contributed by atoms with Crippen LogP contribution in [0.3, 0.4) is 0 Å². The highest BCUT2D eigenvalue weighted by atomic mass is 35.5. The van der Waals surface area contributed by atoms with Crippen LogP contribution in [0.5, 0.6) is 0 Å². The summed E-state index contributed by atoms with van der Waals surface area (Å²) in [5.41, 5.74) is 3.15. The zero-order chi connectivity index (χ0) is 28.2. The Hall–Kier alpha value is -3.57. The molecule has 2 amide bonds. The summed E-state index contributed by atoms with van der Waals surface area (Å²) < 4.78 is 52.5. The van der Waals surface area contributed by atoms with Crippen molar-refractivity contribution in [2.45, 2.75) is 18.7 Å². The molecule has 2 aromatic rings. The van der Waals surface area contributed by atoms with E-state index in [9.17, 15) is 22.5 Å². The number of carbonyl (C=O) groups excluding carboxylic acids is 2. The molecule has 13 heteroatoms. The number of allylic oxidation sites excluding steroid dienone is 2. The maximum absolute atomic E-state index is 13.7. The fraction of sp³-hybridized carbons (Fsp3) is 0.240. The van der Waals surface area contributed by atoms with Crippen molar-refractivity contribution in [1.82, 2.24) is 9.43 Å². The van der Waals surface area contributed by atoms with E-state index in [2.05, 4.69) is 11.0 Å². The Bertz CT molecular complexity index is 1500. The molecule has 38 heavy (non-hydrogen) atoms. The van der Waals surface area contributed by atoms with Crippen LogP contribution >= 0.6 is 22.9 Å². The fourth-order valence-electron chi connectivity index (χ4n) is 3.37. The van der Waals surface area contributed by atoms with Crippen LogP contribution in [0.25, 0.3) is 0 Å². The van der Waals surface area contributed by atoms with Crippen LogP contribution in [0.2, 0.25) is 5.02 Å². The molecule has 1 N–H and O–H groups in total. The second kappa shape index (κ2) is 11.9. The molecular weight excluding hydrogens is 557 g/mol. The summed E-state index contributed by atoms with van der Waals surface area (Å²) in [7, 11) is -0.522. The Labute approximate surface area is 229 Å². The van der Waals surface area contributed by atoms with Gasteiger partial charge in [-0.1, -0.05) is 16.1 Å². The fourth-order valence-corrected chi connectivity index (χ4v) is 6.26. The number of ether oxygens (including phenoxy) is 2. The molecule has 1 aliphatic rings. The van der Waals surface area contributed by atoms with Gasteiger partial charge in [-0.3, -0.25) is 13.9 Å². The smallest absolute Gasteiger partial charge is 0.281 e. The molecule has 1 heterocycles. The minimum absolute atomic E-state index is 0.0806. The lowest BCUT2D eigenvalue weighted by Gasteiger charge is -2.20. The van der Waals surface area contributed by atoms with Crippen molar-refractivity contribution in [2.24, 2.45) is 0 Å². The van der Waals surface area contributed by atoms with Crippen molar-refractivity contribution in [3.8, 4) is 0 Å². The van der Waals surface area contributed by atoms with Crippen molar-refractivity contribution in [1.29, 1.82) is 0 Å². The molecule has 0 spiro atoms. The second-order valence-electron chi connectivity index (χ2n) is 7.88. The lowest BCUT2D eigenvalue weighted by Crippen LogP contribution is -2.27. The first-order valence-corrected chi connectivity index (χ1v) is 13.7. The topological polar surface area (TPSA) is 105 Å². The summed E-state index contributed by atoms with van der Waals surface area (Å²) in [5.74, 6) is -1.09. The van der Waals surface area contributed by atoms with Gasteiger partial charge in [-0.15, -0.1) is 11.3 Å². The number of amides is 2. The maximum atomic E-state index is 13.7. The molecule has 0 fully saturated rings. The summed E-state index contributed by atoms with van der Waals surface area (Å²) in [5, 5.41) is 2.52. The van der Waals surface area contributed by atoms with E-state index in [1.54, 1.807) is 19.9 Å². The minimum Gasteiger partial charge on any atom is -0.489 e. The third kappa shape index (κ3) is 6.46. The first kappa shape index (κ1) is 29.0. The summed E-state index contributed by atoms with van der Waals surface area (Å²) in [6.07, 6.45) is 4.57. The van der Waals surface area contributed by atoms with Crippen molar-refractivity contribution in [3.63, 3.8) is 0 Å². The van der Waals surface area contributed by atoms with Gasteiger partial charge < -0.3 is 14.8 Å². The van der Waals surface area contributed by atoms with Gasteiger partial charge in [0, 0.05) is 41.3 Å². The van der Waals surface area contributed by atoms with Gasteiger partial charge in [0.2, 0.25) is 0 Å². The molecule has 0 bridgehead atoms. The second-order valence-corrected chi connectivity index (χ2v) is 11.5. The number of carbonyl (C=O) groups is 2. The van der Waals surface area contributed by atoms with Gasteiger partial charge in [0.15, 0.2) is 11.5 Å². The quantitative estimate of drug-likeness (QED) is 0.328. The zero-order valence-electron chi connectivity index (χ0n) is 21.2. The molecule has 0 radical (unpaired) electrons. The number of sulfonamides is 1. The molecule has 0 saturated heterocycles. The predicted molar refractivity (Wildman–Crippen MR) is 143 cm³/mol. The average Bonchev–Trinajstić information content (AvgIpc) is 3.15. The third-order valence-corrected chi connectivity index (χ3v) is 8.37. The van der Waals surface area contributed by atoms with E-state index < -0.39 is 21.8 Å². The number of rotatable bonds is 9. The van der Waals surface area contributed by atoms with E-state index in [-0.39, 0.29) is 42.6 Å². The van der Waals surface area contributed by atoms with Crippen LogP contribution in [0.4, 0.5) is 10.2 Å². The Balaban J connectivity index is 1.95. The highest BCUT2D eigenvalue weighted by Crippen LogP contribution is 2.32. The van der Waals surface area contributed by atoms with Crippen LogP contribution in [0, 0.1) is 6.92 Å². The maximum Gasteiger partial charge on any atom is 0.281 e. The van der Waals surface area contributed by atoms with Crippen molar-refractivity contribution < 1.29 is 32.0 Å². The number of hydrogen-bond acceptors (Lipinski definition) is 7. The van der Waals surface area contributed by atoms with Crippen molar-refractivity contribution in [2.75, 3.05) is 33.1 Å². The number of halogens is 2. The first-order valence-electron chi connectivity index (χ1n) is 11.1. The lowest BCUT2D eigenvalue weighted by atomic mass is 10.2. The summed E-state index contributed by atoms with van der Waals surface area (Å²) >= 11 is 7.02. The minimum atomic E-state index is -4.22. The largest absolute Gasteiger partial charge is 0.489 e. The van der Waals surface area contributed by atoms with E-state index in [0.717, 1.165) is 22.7 Å². The van der Waals surface area contributed by atoms with Gasteiger partial charge in [0.25, 0.3) is 21.8 Å². The normalized spacial score (nSPS) is 13.1. The standard InChI is InChI=1S/C25H25ClFN3O6S2/c1-6-36-20-8-7-19(13-21(14-20)35-5)30(4)38(33,34)22-9-15(2)37-23(22)24(31)28-18-11-16(10-17(26)12-18)25(32)29(3)27/h7-13H,6H2,1-5H3,(H,28,31). The first-order chi connectivity index (χ1) is 17.9. The van der Waals surface area contributed by atoms with Crippen LogP contribution in [-0.2, 0) is 19.5 Å². The molecule has 3 rings (SSSR count). The molecular formula is C25H25ClFN3O6S2. The zero-order valence-corrected chi connectivity index (χ0v) is 23.6. The van der Waals surface area contributed by atoms with Gasteiger partial charge in [-0.05, 0) is 56.0 Å². The molecule has 1 aromatic heterocycles. The Morgan fingerprint density at radius 2 is 1.87 bits per heavy atom. The van der Waals surface area contributed by atoms with E-state index in [4.69, 9.17) is 21.1 Å². The van der Waals surface area contributed by atoms with Crippen LogP contribution < -0.4 is 5.32 Å². The highest BCUT2D eigenvalue weighted by molar-refractivity contribution is 7.89. The van der Waals surface area contributed by atoms with E-state index in [1.165, 1.54) is 50.6 Å². The van der Waals surface area contributed by atoms with Crippen molar-refractivity contribution >= 4 is 50.5 Å². The Morgan fingerprint density at radius 3 is 2.50 bits per heavy atom. The van der Waals surface area contributed by atoms with Crippen LogP contribution in [0.15, 0.2) is 70.3 Å². The van der Waals surface area contributed by atoms with Crippen LogP contribution in [-0.4, -0.2) is 57.5 Å². The van der Waals surface area contributed by atoms with E-state index in [1.807, 2.05) is 0 Å². The summed E-state index contributed by atoms with van der Waals surface area (Å²) in [4.78, 5) is 25.5. The monoisotopic (exact) mass is 581 g/mol. The third-order valence-electron chi connectivity index (χ3n) is 5.16. The van der Waals surface area contributed by atoms with Gasteiger partial charge in [0.1, 0.15) is 9.77 Å². The number of anilines is 1. The molecule has 0 aliphatic heterocycles. The summed E-state index contributed by atoms with van der Waals surface area (Å²) in [6, 6.07) is 5.25. The van der Waals surface area contributed by atoms with E-state index in [0.29, 0.717) is 17.2 Å². The number of nitrogens with one attached hydrogen (secondary N) is 1. The number of hydrogen-bond donors (Lipinski definition) is 1. The summed E-state index contributed by atoms with van der Waals surface area (Å²) in [6.45, 7) is 3.85.